The molecule has 2 aromatic rings. The number of fused-ring (bicyclic) bond motifs is 1. The van der Waals surface area contributed by atoms with E-state index in [1.165, 1.54) is 19.3 Å². The van der Waals surface area contributed by atoms with Crippen LogP contribution in [0.5, 0.6) is 5.75 Å². The van der Waals surface area contributed by atoms with Crippen molar-refractivity contribution in [2.75, 3.05) is 26.2 Å². The van der Waals surface area contributed by atoms with Gasteiger partial charge in [0.15, 0.2) is 12.4 Å². The Morgan fingerprint density at radius 3 is 2.86 bits per heavy atom. The Kier molecular flexibility index (Phi) is 6.56. The molecule has 0 saturated heterocycles. The van der Waals surface area contributed by atoms with E-state index in [0.717, 1.165) is 50.2 Å². The number of ether oxygens (including phenoxy) is 1. The molecule has 0 spiro atoms. The Morgan fingerprint density at radius 1 is 1.14 bits per heavy atom. The van der Waals surface area contributed by atoms with E-state index in [1.54, 1.807) is 0 Å². The van der Waals surface area contributed by atoms with Crippen LogP contribution in [-0.4, -0.2) is 51.8 Å². The van der Waals surface area contributed by atoms with Crippen LogP contribution in [0.15, 0.2) is 42.5 Å². The van der Waals surface area contributed by atoms with Crippen molar-refractivity contribution in [3.8, 4) is 5.75 Å². The molecule has 1 atom stereocenters. The molecule has 0 saturated carbocycles. The molecule has 4 rings (SSSR count). The maximum absolute atomic E-state index is 12.1. The highest BCUT2D eigenvalue weighted by Gasteiger charge is 2.21. The molecule has 1 aliphatic heterocycles. The molecule has 0 radical (unpaired) electrons. The number of aromatic nitrogens is 3. The van der Waals surface area contributed by atoms with Crippen molar-refractivity contribution in [1.29, 1.82) is 0 Å². The van der Waals surface area contributed by atoms with Crippen molar-refractivity contribution in [3.63, 3.8) is 0 Å². The first kappa shape index (κ1) is 19.6. The van der Waals surface area contributed by atoms with Gasteiger partial charge in [0.05, 0.1) is 6.54 Å². The Labute approximate surface area is 171 Å². The van der Waals surface area contributed by atoms with Gasteiger partial charge in [0, 0.05) is 32.6 Å². The van der Waals surface area contributed by atoms with Crippen molar-refractivity contribution in [2.24, 2.45) is 5.92 Å². The smallest absolute Gasteiger partial charge is 0.258 e. The van der Waals surface area contributed by atoms with Crippen LogP contribution >= 0.6 is 0 Å². The van der Waals surface area contributed by atoms with Gasteiger partial charge in [-0.25, -0.2) is 0 Å². The fourth-order valence-electron chi connectivity index (χ4n) is 4.02. The van der Waals surface area contributed by atoms with E-state index in [0.29, 0.717) is 12.3 Å². The molecule has 7 heteroatoms. The maximum atomic E-state index is 12.1. The minimum absolute atomic E-state index is 0.00534. The van der Waals surface area contributed by atoms with Crippen LogP contribution in [0.1, 0.15) is 30.9 Å². The van der Waals surface area contributed by atoms with Gasteiger partial charge < -0.3 is 19.5 Å². The standard InChI is InChI=1S/C22H29N5O2/c28-22(17-29-19-9-5-2-6-10-19)23-15-21-25-24-20-11-12-26(13-14-27(20)21)16-18-7-3-1-4-8-18/h1-3,5-6,9-10,18H,4,7-8,11-17H2,(H,23,28). The van der Waals surface area contributed by atoms with Gasteiger partial charge >= 0.3 is 0 Å². The lowest BCUT2D eigenvalue weighted by Crippen LogP contribution is -2.33. The van der Waals surface area contributed by atoms with E-state index in [2.05, 4.69) is 37.1 Å². The largest absolute Gasteiger partial charge is 0.484 e. The zero-order valence-corrected chi connectivity index (χ0v) is 16.8. The fraction of sp³-hybridized carbons (Fsp3) is 0.500. The summed E-state index contributed by atoms with van der Waals surface area (Å²) in [4.78, 5) is 14.7. The Hall–Kier alpha value is -2.67. The predicted octanol–water partition coefficient (Wildman–Crippen LogP) is 2.19. The Morgan fingerprint density at radius 2 is 2.03 bits per heavy atom. The average molecular weight is 396 g/mol. The number of benzene rings is 1. The second-order valence-electron chi connectivity index (χ2n) is 7.76. The predicted molar refractivity (Wildman–Crippen MR) is 110 cm³/mol. The topological polar surface area (TPSA) is 72.3 Å². The molecule has 1 N–H and O–H groups in total. The van der Waals surface area contributed by atoms with Crippen molar-refractivity contribution in [3.05, 3.63) is 54.1 Å². The van der Waals surface area contributed by atoms with E-state index in [9.17, 15) is 4.79 Å². The Balaban J connectivity index is 1.25. The molecule has 1 aliphatic carbocycles. The molecule has 1 unspecified atom stereocenters. The van der Waals surface area contributed by atoms with Gasteiger partial charge in [-0.1, -0.05) is 30.4 Å². The minimum atomic E-state index is -0.160. The first-order valence-corrected chi connectivity index (χ1v) is 10.5. The molecule has 7 nitrogen and oxygen atoms in total. The number of rotatable bonds is 7. The molecule has 2 aliphatic rings. The van der Waals surface area contributed by atoms with Crippen LogP contribution in [0.3, 0.4) is 0 Å². The van der Waals surface area contributed by atoms with Crippen molar-refractivity contribution >= 4 is 5.91 Å². The molecule has 29 heavy (non-hydrogen) atoms. The maximum Gasteiger partial charge on any atom is 0.258 e. The molecule has 0 fully saturated rings. The minimum Gasteiger partial charge on any atom is -0.484 e. The lowest BCUT2D eigenvalue weighted by molar-refractivity contribution is -0.123. The third kappa shape index (κ3) is 5.44. The number of para-hydroxylation sites is 1. The summed E-state index contributed by atoms with van der Waals surface area (Å²) < 4.78 is 7.66. The second-order valence-corrected chi connectivity index (χ2v) is 7.76. The number of carbonyl (C=O) groups is 1. The number of carbonyl (C=O) groups excluding carboxylic acids is 1. The molecule has 1 amide bonds. The van der Waals surface area contributed by atoms with Gasteiger partial charge in [-0.3, -0.25) is 4.79 Å². The van der Waals surface area contributed by atoms with Gasteiger partial charge in [-0.2, -0.15) is 0 Å². The highest BCUT2D eigenvalue weighted by atomic mass is 16.5. The van der Waals surface area contributed by atoms with Crippen LogP contribution in [-0.2, 0) is 24.3 Å². The molecular formula is C22H29N5O2. The van der Waals surface area contributed by atoms with Crippen LogP contribution in [0.4, 0.5) is 0 Å². The van der Waals surface area contributed by atoms with E-state index in [4.69, 9.17) is 4.74 Å². The zero-order valence-electron chi connectivity index (χ0n) is 16.8. The van der Waals surface area contributed by atoms with Crippen LogP contribution < -0.4 is 10.1 Å². The number of amides is 1. The summed E-state index contributed by atoms with van der Waals surface area (Å²) in [5.41, 5.74) is 0. The van der Waals surface area contributed by atoms with E-state index in [1.807, 2.05) is 30.3 Å². The summed E-state index contributed by atoms with van der Waals surface area (Å²) in [7, 11) is 0. The monoisotopic (exact) mass is 395 g/mol. The average Bonchev–Trinajstić information content (AvgIpc) is 3.05. The molecule has 1 aromatic carbocycles. The van der Waals surface area contributed by atoms with Gasteiger partial charge in [0.25, 0.3) is 5.91 Å². The first-order chi connectivity index (χ1) is 14.3. The van der Waals surface area contributed by atoms with Crippen molar-refractivity contribution < 1.29 is 9.53 Å². The quantitative estimate of drug-likeness (QED) is 0.728. The van der Waals surface area contributed by atoms with Crippen LogP contribution in [0.25, 0.3) is 0 Å². The number of nitrogens with zero attached hydrogens (tertiary/aromatic N) is 4. The summed E-state index contributed by atoms with van der Waals surface area (Å²) >= 11 is 0. The second kappa shape index (κ2) is 9.69. The fourth-order valence-corrected chi connectivity index (χ4v) is 4.02. The third-order valence-electron chi connectivity index (χ3n) is 5.65. The summed E-state index contributed by atoms with van der Waals surface area (Å²) in [5, 5.41) is 11.6. The molecule has 2 heterocycles. The van der Waals surface area contributed by atoms with Crippen molar-refractivity contribution in [2.45, 2.75) is 38.8 Å². The van der Waals surface area contributed by atoms with Crippen LogP contribution in [0, 0.1) is 5.92 Å². The zero-order chi connectivity index (χ0) is 19.9. The van der Waals surface area contributed by atoms with E-state index in [-0.39, 0.29) is 12.5 Å². The summed E-state index contributed by atoms with van der Waals surface area (Å²) in [6.45, 7) is 4.42. The number of allylic oxidation sites excluding steroid dienone is 2. The van der Waals surface area contributed by atoms with E-state index >= 15 is 0 Å². The molecule has 0 bridgehead atoms. The van der Waals surface area contributed by atoms with Gasteiger partial charge in [-0.15, -0.1) is 10.2 Å². The van der Waals surface area contributed by atoms with Crippen molar-refractivity contribution in [1.82, 2.24) is 25.0 Å². The number of hydrogen-bond acceptors (Lipinski definition) is 5. The summed E-state index contributed by atoms with van der Waals surface area (Å²) in [5.74, 6) is 3.13. The summed E-state index contributed by atoms with van der Waals surface area (Å²) in [6, 6.07) is 9.35. The number of nitrogens with one attached hydrogen (secondary N) is 1. The van der Waals surface area contributed by atoms with Crippen LogP contribution in [0.2, 0.25) is 0 Å². The lowest BCUT2D eigenvalue weighted by Gasteiger charge is -2.26. The molecule has 154 valence electrons. The SMILES string of the molecule is O=C(COc1ccccc1)NCc1nnc2n1CCN(CC1CC=CCC1)CC2. The van der Waals surface area contributed by atoms with Gasteiger partial charge in [0.1, 0.15) is 11.6 Å². The normalized spacial score (nSPS) is 19.4. The molecule has 1 aromatic heterocycles. The number of hydrogen-bond donors (Lipinski definition) is 1. The van der Waals surface area contributed by atoms with Gasteiger partial charge in [0.2, 0.25) is 0 Å². The summed E-state index contributed by atoms with van der Waals surface area (Å²) in [6.07, 6.45) is 9.23. The first-order valence-electron chi connectivity index (χ1n) is 10.5. The lowest BCUT2D eigenvalue weighted by atomic mass is 9.94. The Bertz CT molecular complexity index is 833. The molecular weight excluding hydrogens is 366 g/mol. The highest BCUT2D eigenvalue weighted by molar-refractivity contribution is 5.77. The van der Waals surface area contributed by atoms with Gasteiger partial charge in [-0.05, 0) is 37.3 Å². The van der Waals surface area contributed by atoms with E-state index < -0.39 is 0 Å². The third-order valence-corrected chi connectivity index (χ3v) is 5.65. The highest BCUT2D eigenvalue weighted by Crippen LogP contribution is 2.20.